The predicted octanol–water partition coefficient (Wildman–Crippen LogP) is 21.4. The summed E-state index contributed by atoms with van der Waals surface area (Å²) >= 11 is 0. The van der Waals surface area contributed by atoms with Gasteiger partial charge in [0.15, 0.2) is 0 Å². The van der Waals surface area contributed by atoms with Gasteiger partial charge < -0.3 is 20.3 Å². The first kappa shape index (κ1) is 72.3. The zero-order valence-electron chi connectivity index (χ0n) is 50.1. The zero-order chi connectivity index (χ0) is 53.6. The number of aliphatic hydroxyl groups is 2. The Balaban J connectivity index is 3.37. The fourth-order valence-electron chi connectivity index (χ4n) is 10.6. The summed E-state index contributed by atoms with van der Waals surface area (Å²) in [6.45, 7) is 4.93. The van der Waals surface area contributed by atoms with Crippen molar-refractivity contribution in [2.24, 2.45) is 0 Å². The van der Waals surface area contributed by atoms with Crippen LogP contribution in [0.25, 0.3) is 0 Å². The molecule has 3 N–H and O–H groups in total. The maximum Gasteiger partial charge on any atom is 0.305 e. The number of unbranched alkanes of at least 4 members (excludes halogenated alkanes) is 50. The number of nitrogens with one attached hydrogen (secondary N) is 1. The van der Waals surface area contributed by atoms with E-state index in [1.165, 1.54) is 308 Å². The highest BCUT2D eigenvalue weighted by molar-refractivity contribution is 5.76. The number of aliphatic hydroxyl groups excluding tert-OH is 2. The van der Waals surface area contributed by atoms with Crippen LogP contribution in [0.15, 0.2) is 24.3 Å². The topological polar surface area (TPSA) is 95.9 Å². The Hall–Kier alpha value is -1.66. The van der Waals surface area contributed by atoms with E-state index in [2.05, 4.69) is 31.3 Å². The average molecular weight is 1040 g/mol. The van der Waals surface area contributed by atoms with Crippen molar-refractivity contribution in [1.82, 2.24) is 5.32 Å². The molecule has 6 heteroatoms. The third-order valence-corrected chi connectivity index (χ3v) is 15.7. The molecule has 2 atom stereocenters. The molecule has 0 aliphatic rings. The van der Waals surface area contributed by atoms with Crippen molar-refractivity contribution in [2.75, 3.05) is 13.2 Å². The molecule has 74 heavy (non-hydrogen) atoms. The number of carbonyl (C=O) groups is 2. The van der Waals surface area contributed by atoms with Crippen molar-refractivity contribution in [1.29, 1.82) is 0 Å². The molecule has 0 rings (SSSR count). The number of allylic oxidation sites excluding steroid dienone is 3. The summed E-state index contributed by atoms with van der Waals surface area (Å²) in [4.78, 5) is 24.6. The van der Waals surface area contributed by atoms with Gasteiger partial charge >= 0.3 is 5.97 Å². The van der Waals surface area contributed by atoms with E-state index in [-0.39, 0.29) is 18.5 Å². The molecule has 438 valence electrons. The zero-order valence-corrected chi connectivity index (χ0v) is 50.1. The summed E-state index contributed by atoms with van der Waals surface area (Å²) in [5, 5.41) is 23.1. The van der Waals surface area contributed by atoms with E-state index >= 15 is 0 Å². The van der Waals surface area contributed by atoms with Gasteiger partial charge in [0, 0.05) is 12.8 Å². The Kier molecular flexibility index (Phi) is 62.4. The van der Waals surface area contributed by atoms with Gasteiger partial charge in [0.25, 0.3) is 0 Å². The monoisotopic (exact) mass is 1040 g/mol. The molecular weight excluding hydrogens is 911 g/mol. The van der Waals surface area contributed by atoms with Gasteiger partial charge in [-0.25, -0.2) is 0 Å². The average Bonchev–Trinajstić information content (AvgIpc) is 3.40. The molecule has 0 aromatic heterocycles. The molecule has 2 unspecified atom stereocenters. The molecule has 0 fully saturated rings. The minimum Gasteiger partial charge on any atom is -0.466 e. The van der Waals surface area contributed by atoms with Crippen LogP contribution in [0.5, 0.6) is 0 Å². The lowest BCUT2D eigenvalue weighted by Gasteiger charge is -2.20. The van der Waals surface area contributed by atoms with E-state index in [1.54, 1.807) is 6.08 Å². The lowest BCUT2D eigenvalue weighted by atomic mass is 10.0. The second-order valence-corrected chi connectivity index (χ2v) is 23.2. The van der Waals surface area contributed by atoms with Crippen molar-refractivity contribution in [2.45, 2.75) is 386 Å². The van der Waals surface area contributed by atoms with E-state index in [4.69, 9.17) is 4.74 Å². The molecule has 0 aliphatic heterocycles. The van der Waals surface area contributed by atoms with Gasteiger partial charge in [0.05, 0.1) is 25.4 Å². The van der Waals surface area contributed by atoms with Crippen LogP contribution in [0, 0.1) is 0 Å². The van der Waals surface area contributed by atoms with E-state index in [0.717, 1.165) is 38.5 Å². The van der Waals surface area contributed by atoms with Crippen LogP contribution in [0.4, 0.5) is 0 Å². The predicted molar refractivity (Wildman–Crippen MR) is 324 cm³/mol. The number of rotatable bonds is 63. The van der Waals surface area contributed by atoms with Crippen LogP contribution < -0.4 is 5.32 Å². The quantitative estimate of drug-likeness (QED) is 0.0320. The highest BCUT2D eigenvalue weighted by Gasteiger charge is 2.18. The lowest BCUT2D eigenvalue weighted by Crippen LogP contribution is -2.45. The maximum absolute atomic E-state index is 12.5. The van der Waals surface area contributed by atoms with Crippen LogP contribution in [-0.4, -0.2) is 47.4 Å². The molecule has 0 radical (unpaired) electrons. The summed E-state index contributed by atoms with van der Waals surface area (Å²) in [6, 6.07) is -0.628. The number of amides is 1. The number of hydrogen-bond acceptors (Lipinski definition) is 5. The summed E-state index contributed by atoms with van der Waals surface area (Å²) in [6.07, 6.45) is 79.6. The normalized spacial score (nSPS) is 12.6. The van der Waals surface area contributed by atoms with Gasteiger partial charge in [-0.3, -0.25) is 9.59 Å². The smallest absolute Gasteiger partial charge is 0.305 e. The summed E-state index contributed by atoms with van der Waals surface area (Å²) in [5.74, 6) is -0.0498. The SMILES string of the molecule is CCCCCCCCCCCCC/C=C/C(O)C(CO)NC(=O)CCCCCCCCCCCC/C=C\CCCCCCCCCCCCCCOC(=O)CCCCCCCCCCCCCCCCCCCC. The Morgan fingerprint density at radius 3 is 0.959 bits per heavy atom. The number of hydrogen-bond donors (Lipinski definition) is 3. The standard InChI is InChI=1S/C68H131NO5/c1-3-5-7-9-11-13-15-17-18-19-31-34-38-42-46-50-54-58-62-68(73)74-63-59-55-51-47-43-39-35-32-29-27-25-23-21-20-22-24-26-28-30-33-37-41-45-49-53-57-61-67(72)69-65(64-70)66(71)60-56-52-48-44-40-36-16-14-12-10-8-6-4-2/h20,22,56,60,65-66,70-71H,3-19,21,23-55,57-59,61-64H2,1-2H3,(H,69,72)/b22-20-,60-56+. The highest BCUT2D eigenvalue weighted by atomic mass is 16.5. The van der Waals surface area contributed by atoms with Gasteiger partial charge in [0.1, 0.15) is 0 Å². The number of esters is 1. The van der Waals surface area contributed by atoms with Crippen molar-refractivity contribution in [3.05, 3.63) is 24.3 Å². The van der Waals surface area contributed by atoms with Gasteiger partial charge in [0.2, 0.25) is 5.91 Å². The molecule has 0 aromatic rings. The Morgan fingerprint density at radius 2 is 0.635 bits per heavy atom. The maximum atomic E-state index is 12.5. The van der Waals surface area contributed by atoms with Crippen molar-refractivity contribution >= 4 is 11.9 Å². The fraction of sp³-hybridized carbons (Fsp3) is 0.912. The molecule has 0 heterocycles. The molecule has 0 bridgehead atoms. The summed E-state index contributed by atoms with van der Waals surface area (Å²) in [7, 11) is 0. The molecule has 6 nitrogen and oxygen atoms in total. The van der Waals surface area contributed by atoms with Crippen molar-refractivity contribution < 1.29 is 24.5 Å². The third-order valence-electron chi connectivity index (χ3n) is 15.7. The van der Waals surface area contributed by atoms with E-state index < -0.39 is 12.1 Å². The molecule has 0 spiro atoms. The van der Waals surface area contributed by atoms with E-state index in [9.17, 15) is 19.8 Å². The first-order valence-corrected chi connectivity index (χ1v) is 33.6. The van der Waals surface area contributed by atoms with Gasteiger partial charge in [-0.15, -0.1) is 0 Å². The molecule has 1 amide bonds. The highest BCUT2D eigenvalue weighted by Crippen LogP contribution is 2.18. The molecule has 0 aromatic carbocycles. The van der Waals surface area contributed by atoms with Gasteiger partial charge in [-0.2, -0.15) is 0 Å². The largest absolute Gasteiger partial charge is 0.466 e. The van der Waals surface area contributed by atoms with Crippen molar-refractivity contribution in [3.8, 4) is 0 Å². The minimum atomic E-state index is -0.844. The van der Waals surface area contributed by atoms with E-state index in [1.807, 2.05) is 6.08 Å². The minimum absolute atomic E-state index is 0.0188. The van der Waals surface area contributed by atoms with Crippen molar-refractivity contribution in [3.63, 3.8) is 0 Å². The molecular formula is C68H131NO5. The molecule has 0 saturated carbocycles. The Morgan fingerprint density at radius 1 is 0.365 bits per heavy atom. The number of ether oxygens (including phenoxy) is 1. The van der Waals surface area contributed by atoms with Crippen LogP contribution >= 0.6 is 0 Å². The van der Waals surface area contributed by atoms with Gasteiger partial charge in [-0.1, -0.05) is 327 Å². The van der Waals surface area contributed by atoms with Crippen LogP contribution in [0.2, 0.25) is 0 Å². The molecule has 0 saturated heterocycles. The second kappa shape index (κ2) is 63.9. The Bertz CT molecular complexity index is 1150. The summed E-state index contributed by atoms with van der Waals surface area (Å²) in [5.41, 5.74) is 0. The molecule has 0 aliphatic carbocycles. The first-order valence-electron chi connectivity index (χ1n) is 33.6. The third kappa shape index (κ3) is 59.6. The fourth-order valence-corrected chi connectivity index (χ4v) is 10.6. The van der Waals surface area contributed by atoms with E-state index in [0.29, 0.717) is 19.4 Å². The van der Waals surface area contributed by atoms with Gasteiger partial charge in [-0.05, 0) is 57.8 Å². The van der Waals surface area contributed by atoms with Crippen LogP contribution in [0.1, 0.15) is 373 Å². The second-order valence-electron chi connectivity index (χ2n) is 23.2. The first-order chi connectivity index (χ1) is 36.5. The summed E-state index contributed by atoms with van der Waals surface area (Å²) < 4.78 is 5.51. The van der Waals surface area contributed by atoms with Crippen LogP contribution in [0.3, 0.4) is 0 Å². The lowest BCUT2D eigenvalue weighted by molar-refractivity contribution is -0.143. The van der Waals surface area contributed by atoms with Crippen LogP contribution in [-0.2, 0) is 14.3 Å². The Labute approximate surface area is 462 Å². The number of carbonyl (C=O) groups excluding carboxylic acids is 2.